The largest absolute Gasteiger partial charge is 0.477 e. The van der Waals surface area contributed by atoms with Crippen LogP contribution in [-0.2, 0) is 15.7 Å². The first-order valence-corrected chi connectivity index (χ1v) is 11.4. The van der Waals surface area contributed by atoms with Crippen LogP contribution < -0.4 is 15.6 Å². The predicted molar refractivity (Wildman–Crippen MR) is 115 cm³/mol. The zero-order chi connectivity index (χ0) is 24.4. The standard InChI is InChI=1S/C18H22F2N4O3.CH4O3S/c1-18(2,3)24-9-12(17(26)27)14(25)11-6-13(20)16(22-15(11)24)23-5-4-21-10(7-19)8-23;1-5(2,3)4/h6,9-10,21H,4-5,7-8H2,1-3H3,(H,26,27);1H3,(H,2,3,4). The molecule has 2 aromatic rings. The summed E-state index contributed by atoms with van der Waals surface area (Å²) in [5, 5.41) is 12.2. The molecular weight excluding hydrogens is 450 g/mol. The number of hydrogen-bond donors (Lipinski definition) is 3. The third kappa shape index (κ3) is 6.20. The summed E-state index contributed by atoms with van der Waals surface area (Å²) in [6, 6.07) is 0.607. The molecule has 0 aliphatic carbocycles. The van der Waals surface area contributed by atoms with E-state index in [4.69, 9.17) is 4.55 Å². The van der Waals surface area contributed by atoms with Gasteiger partial charge in [-0.1, -0.05) is 0 Å². The summed E-state index contributed by atoms with van der Waals surface area (Å²) in [5.74, 6) is -2.08. The van der Waals surface area contributed by atoms with Crippen molar-refractivity contribution in [2.75, 3.05) is 37.5 Å². The van der Waals surface area contributed by atoms with Crippen molar-refractivity contribution in [3.8, 4) is 0 Å². The minimum atomic E-state index is -3.67. The van der Waals surface area contributed by atoms with Crippen LogP contribution in [0.3, 0.4) is 0 Å². The van der Waals surface area contributed by atoms with Gasteiger partial charge in [0.1, 0.15) is 17.9 Å². The molecule has 178 valence electrons. The highest BCUT2D eigenvalue weighted by Gasteiger charge is 2.27. The molecular formula is C19H26F2N4O6S. The van der Waals surface area contributed by atoms with Crippen LogP contribution in [0.1, 0.15) is 31.1 Å². The Balaban J connectivity index is 0.000000654. The Morgan fingerprint density at radius 3 is 2.47 bits per heavy atom. The van der Waals surface area contributed by atoms with Crippen LogP contribution in [0.2, 0.25) is 0 Å². The minimum absolute atomic E-state index is 0.0305. The topological polar surface area (TPSA) is 142 Å². The molecule has 13 heteroatoms. The quantitative estimate of drug-likeness (QED) is 0.558. The number of anilines is 1. The maximum Gasteiger partial charge on any atom is 0.341 e. The third-order valence-electron chi connectivity index (χ3n) is 4.61. The Kier molecular flexibility index (Phi) is 7.58. The number of carboxylic acids is 1. The van der Waals surface area contributed by atoms with Gasteiger partial charge in [-0.15, -0.1) is 0 Å². The number of rotatable bonds is 3. The van der Waals surface area contributed by atoms with Crippen molar-refractivity contribution in [1.82, 2.24) is 14.9 Å². The van der Waals surface area contributed by atoms with Gasteiger partial charge >= 0.3 is 5.97 Å². The summed E-state index contributed by atoms with van der Waals surface area (Å²) >= 11 is 0. The molecule has 10 nitrogen and oxygen atoms in total. The summed E-state index contributed by atoms with van der Waals surface area (Å²) in [4.78, 5) is 30.0. The van der Waals surface area contributed by atoms with Crippen LogP contribution in [0.15, 0.2) is 17.1 Å². The van der Waals surface area contributed by atoms with Gasteiger partial charge in [-0.25, -0.2) is 18.6 Å². The number of halogens is 2. The minimum Gasteiger partial charge on any atom is -0.477 e. The molecule has 1 aliphatic rings. The molecule has 3 N–H and O–H groups in total. The average Bonchev–Trinajstić information content (AvgIpc) is 2.65. The van der Waals surface area contributed by atoms with Crippen molar-refractivity contribution in [2.45, 2.75) is 32.4 Å². The summed E-state index contributed by atoms with van der Waals surface area (Å²) in [6.07, 6.45) is 1.96. The predicted octanol–water partition coefficient (Wildman–Crippen LogP) is 1.24. The molecule has 2 aromatic heterocycles. The number of hydrogen-bond acceptors (Lipinski definition) is 7. The van der Waals surface area contributed by atoms with Crippen molar-refractivity contribution in [3.05, 3.63) is 33.9 Å². The maximum absolute atomic E-state index is 14.8. The van der Waals surface area contributed by atoms with E-state index < -0.39 is 51.2 Å². The number of piperazine rings is 1. The summed E-state index contributed by atoms with van der Waals surface area (Å²) < 4.78 is 55.2. The molecule has 0 saturated carbocycles. The van der Waals surface area contributed by atoms with E-state index in [1.807, 2.05) is 20.8 Å². The first-order valence-electron chi connectivity index (χ1n) is 9.60. The fourth-order valence-electron chi connectivity index (χ4n) is 3.22. The number of fused-ring (bicyclic) bond motifs is 1. The van der Waals surface area contributed by atoms with Gasteiger partial charge in [-0.3, -0.25) is 9.35 Å². The summed E-state index contributed by atoms with van der Waals surface area (Å²) in [7, 11) is -3.67. The molecule has 0 bridgehead atoms. The molecule has 1 saturated heterocycles. The molecule has 0 radical (unpaired) electrons. The van der Waals surface area contributed by atoms with Gasteiger partial charge in [0.25, 0.3) is 10.1 Å². The van der Waals surface area contributed by atoms with Gasteiger partial charge in [0.05, 0.1) is 17.7 Å². The molecule has 1 aliphatic heterocycles. The number of carbonyl (C=O) groups is 1. The lowest BCUT2D eigenvalue weighted by Crippen LogP contribution is -2.52. The fraction of sp³-hybridized carbons (Fsp3) is 0.526. The first kappa shape index (κ1) is 25.6. The maximum atomic E-state index is 14.8. The second-order valence-corrected chi connectivity index (χ2v) is 9.83. The highest BCUT2D eigenvalue weighted by Crippen LogP contribution is 2.26. The first-order chi connectivity index (χ1) is 14.6. The number of aromatic nitrogens is 2. The molecule has 3 heterocycles. The van der Waals surface area contributed by atoms with E-state index in [1.54, 1.807) is 9.47 Å². The number of alkyl halides is 1. The van der Waals surface area contributed by atoms with Crippen molar-refractivity contribution in [3.63, 3.8) is 0 Å². The van der Waals surface area contributed by atoms with Crippen LogP contribution >= 0.6 is 0 Å². The van der Waals surface area contributed by atoms with E-state index in [2.05, 4.69) is 10.3 Å². The second-order valence-electron chi connectivity index (χ2n) is 8.37. The Labute approximate surface area is 183 Å². The Hall–Kier alpha value is -2.64. The highest BCUT2D eigenvalue weighted by atomic mass is 32.2. The van der Waals surface area contributed by atoms with Gasteiger partial charge in [0.15, 0.2) is 11.6 Å². The molecule has 3 rings (SSSR count). The van der Waals surface area contributed by atoms with E-state index in [9.17, 15) is 31.9 Å². The number of carboxylic acid groups (broad SMARTS) is 1. The number of pyridine rings is 2. The van der Waals surface area contributed by atoms with Crippen molar-refractivity contribution in [2.24, 2.45) is 0 Å². The van der Waals surface area contributed by atoms with Crippen LogP contribution in [-0.4, -0.2) is 72.2 Å². The van der Waals surface area contributed by atoms with Crippen LogP contribution in [0.4, 0.5) is 14.6 Å². The smallest absolute Gasteiger partial charge is 0.341 e. The zero-order valence-corrected chi connectivity index (χ0v) is 18.9. The van der Waals surface area contributed by atoms with Crippen LogP contribution in [0.25, 0.3) is 11.0 Å². The van der Waals surface area contributed by atoms with E-state index in [0.29, 0.717) is 19.3 Å². The molecule has 0 aromatic carbocycles. The molecule has 1 atom stereocenters. The second kappa shape index (κ2) is 9.46. The SMILES string of the molecule is CC(C)(C)n1cc(C(=O)O)c(=O)c2cc(F)c(N3CCNC(CF)C3)nc21.CS(=O)(=O)O. The van der Waals surface area contributed by atoms with E-state index in [-0.39, 0.29) is 23.4 Å². The lowest BCUT2D eigenvalue weighted by atomic mass is 10.1. The van der Waals surface area contributed by atoms with Crippen LogP contribution in [0.5, 0.6) is 0 Å². The van der Waals surface area contributed by atoms with Gasteiger partial charge in [-0.05, 0) is 26.8 Å². The average molecular weight is 477 g/mol. The Bertz CT molecular complexity index is 1170. The Morgan fingerprint density at radius 2 is 1.97 bits per heavy atom. The van der Waals surface area contributed by atoms with Gasteiger partial charge < -0.3 is 19.9 Å². The number of aromatic carboxylic acids is 1. The third-order valence-corrected chi connectivity index (χ3v) is 4.61. The van der Waals surface area contributed by atoms with Gasteiger partial charge in [-0.2, -0.15) is 8.42 Å². The van der Waals surface area contributed by atoms with Gasteiger partial charge in [0, 0.05) is 31.4 Å². The molecule has 1 fully saturated rings. The van der Waals surface area contributed by atoms with E-state index in [1.165, 1.54) is 6.20 Å². The van der Waals surface area contributed by atoms with E-state index in [0.717, 1.165) is 6.07 Å². The van der Waals surface area contributed by atoms with Crippen molar-refractivity contribution in [1.29, 1.82) is 0 Å². The van der Waals surface area contributed by atoms with Crippen LogP contribution in [0, 0.1) is 5.82 Å². The summed E-state index contributed by atoms with van der Waals surface area (Å²) in [5.41, 5.74) is -1.61. The zero-order valence-electron chi connectivity index (χ0n) is 18.1. The van der Waals surface area contributed by atoms with E-state index >= 15 is 0 Å². The summed E-state index contributed by atoms with van der Waals surface area (Å²) in [6.45, 7) is 6.08. The monoisotopic (exact) mass is 476 g/mol. The Morgan fingerprint density at radius 1 is 1.38 bits per heavy atom. The highest BCUT2D eigenvalue weighted by molar-refractivity contribution is 7.85. The molecule has 0 amide bonds. The fourth-order valence-corrected chi connectivity index (χ4v) is 3.22. The lowest BCUT2D eigenvalue weighted by Gasteiger charge is -2.34. The number of nitrogens with zero attached hydrogens (tertiary/aromatic N) is 3. The normalized spacial score (nSPS) is 17.1. The molecule has 1 unspecified atom stereocenters. The van der Waals surface area contributed by atoms with Crippen molar-refractivity contribution < 1.29 is 31.7 Å². The molecule has 0 spiro atoms. The molecule has 32 heavy (non-hydrogen) atoms. The number of nitrogens with one attached hydrogen (secondary N) is 1. The van der Waals surface area contributed by atoms with Gasteiger partial charge in [0.2, 0.25) is 5.43 Å². The lowest BCUT2D eigenvalue weighted by molar-refractivity contribution is 0.0694. The van der Waals surface area contributed by atoms with Crippen molar-refractivity contribution >= 4 is 32.9 Å².